The zero-order valence-electron chi connectivity index (χ0n) is 16.2. The van der Waals surface area contributed by atoms with Crippen molar-refractivity contribution in [3.05, 3.63) is 34.4 Å². The molecule has 1 aromatic rings. The van der Waals surface area contributed by atoms with Crippen molar-refractivity contribution in [1.29, 1.82) is 0 Å². The SMILES string of the molecule is Cc1cc(C)c(CC(=O)NOC(=O)C2CCN(CCC(=O)O)CC2)c(C)c1. The van der Waals surface area contributed by atoms with E-state index in [4.69, 9.17) is 9.94 Å². The van der Waals surface area contributed by atoms with Gasteiger partial charge in [-0.05, 0) is 63.4 Å². The van der Waals surface area contributed by atoms with Crippen LogP contribution in [0.25, 0.3) is 0 Å². The maximum atomic E-state index is 12.2. The van der Waals surface area contributed by atoms with Gasteiger partial charge in [0.15, 0.2) is 0 Å². The van der Waals surface area contributed by atoms with Gasteiger partial charge in [-0.1, -0.05) is 17.7 Å². The van der Waals surface area contributed by atoms with Gasteiger partial charge >= 0.3 is 11.9 Å². The number of hydrogen-bond acceptors (Lipinski definition) is 5. The Bertz CT molecular complexity index is 685. The number of carboxylic acid groups (broad SMARTS) is 1. The third-order valence-corrected chi connectivity index (χ3v) is 5.01. The molecule has 7 heteroatoms. The molecule has 0 radical (unpaired) electrons. The first-order valence-electron chi connectivity index (χ1n) is 9.26. The van der Waals surface area contributed by atoms with Gasteiger partial charge in [0.1, 0.15) is 0 Å². The van der Waals surface area contributed by atoms with Crippen LogP contribution in [0.15, 0.2) is 12.1 Å². The molecule has 7 nitrogen and oxygen atoms in total. The van der Waals surface area contributed by atoms with Gasteiger partial charge in [-0.2, -0.15) is 5.48 Å². The predicted octanol–water partition coefficient (Wildman–Crippen LogP) is 1.92. The highest BCUT2D eigenvalue weighted by Crippen LogP contribution is 2.19. The van der Waals surface area contributed by atoms with E-state index in [-0.39, 0.29) is 24.7 Å². The molecule has 1 saturated heterocycles. The van der Waals surface area contributed by atoms with Crippen LogP contribution in [-0.2, 0) is 25.6 Å². The summed E-state index contributed by atoms with van der Waals surface area (Å²) in [5.74, 6) is -1.87. The highest BCUT2D eigenvalue weighted by Gasteiger charge is 2.27. The second-order valence-electron chi connectivity index (χ2n) is 7.26. The highest BCUT2D eigenvalue weighted by molar-refractivity contribution is 5.81. The van der Waals surface area contributed by atoms with Crippen LogP contribution in [-0.4, -0.2) is 47.5 Å². The van der Waals surface area contributed by atoms with Crippen molar-refractivity contribution in [3.8, 4) is 0 Å². The fourth-order valence-electron chi connectivity index (χ4n) is 3.52. The van der Waals surface area contributed by atoms with Crippen molar-refractivity contribution in [3.63, 3.8) is 0 Å². The number of hydrogen-bond donors (Lipinski definition) is 2. The Labute approximate surface area is 159 Å². The van der Waals surface area contributed by atoms with Crippen molar-refractivity contribution in [1.82, 2.24) is 10.4 Å². The van der Waals surface area contributed by atoms with Crippen molar-refractivity contribution < 1.29 is 24.3 Å². The number of carboxylic acids is 1. The van der Waals surface area contributed by atoms with E-state index in [2.05, 4.69) is 5.48 Å². The lowest BCUT2D eigenvalue weighted by atomic mass is 9.97. The molecule has 0 unspecified atom stereocenters. The van der Waals surface area contributed by atoms with Gasteiger partial charge in [0.25, 0.3) is 5.91 Å². The zero-order chi connectivity index (χ0) is 20.0. The summed E-state index contributed by atoms with van der Waals surface area (Å²) in [6.07, 6.45) is 1.47. The van der Waals surface area contributed by atoms with Crippen LogP contribution in [0.3, 0.4) is 0 Å². The molecule has 1 aromatic carbocycles. The van der Waals surface area contributed by atoms with Crippen LogP contribution in [0, 0.1) is 26.7 Å². The number of hydroxylamine groups is 1. The third kappa shape index (κ3) is 6.36. The number of benzene rings is 1. The summed E-state index contributed by atoms with van der Waals surface area (Å²) in [4.78, 5) is 41.9. The average molecular weight is 376 g/mol. The number of aliphatic carboxylic acids is 1. The first-order chi connectivity index (χ1) is 12.8. The number of aryl methyl sites for hydroxylation is 3. The monoisotopic (exact) mass is 376 g/mol. The first kappa shape index (κ1) is 20.9. The molecular formula is C20H28N2O5. The smallest absolute Gasteiger partial charge is 0.335 e. The molecular weight excluding hydrogens is 348 g/mol. The minimum atomic E-state index is -0.821. The Morgan fingerprint density at radius 2 is 1.74 bits per heavy atom. The van der Waals surface area contributed by atoms with Gasteiger partial charge in [-0.3, -0.25) is 9.59 Å². The summed E-state index contributed by atoms with van der Waals surface area (Å²) in [6, 6.07) is 4.06. The van der Waals surface area contributed by atoms with E-state index in [1.807, 2.05) is 37.8 Å². The molecule has 1 aliphatic rings. The standard InChI is InChI=1S/C20H28N2O5/c1-13-10-14(2)17(15(3)11-13)12-18(23)21-27-20(26)16-4-7-22(8-5-16)9-6-19(24)25/h10-11,16H,4-9,12H2,1-3H3,(H,21,23)(H,24,25). The number of carbonyl (C=O) groups is 3. The number of likely N-dealkylation sites (tertiary alicyclic amines) is 1. The second-order valence-corrected chi connectivity index (χ2v) is 7.26. The van der Waals surface area contributed by atoms with E-state index in [0.717, 1.165) is 22.3 Å². The topological polar surface area (TPSA) is 95.9 Å². The molecule has 0 bridgehead atoms. The number of rotatable bonds is 6. The summed E-state index contributed by atoms with van der Waals surface area (Å²) in [5.41, 5.74) is 6.45. The lowest BCUT2D eigenvalue weighted by Gasteiger charge is -2.30. The number of piperidine rings is 1. The number of nitrogens with zero attached hydrogens (tertiary/aromatic N) is 1. The summed E-state index contributed by atoms with van der Waals surface area (Å²) in [7, 11) is 0. The summed E-state index contributed by atoms with van der Waals surface area (Å²) < 4.78 is 0. The van der Waals surface area contributed by atoms with E-state index in [9.17, 15) is 14.4 Å². The first-order valence-corrected chi connectivity index (χ1v) is 9.26. The predicted molar refractivity (Wildman–Crippen MR) is 100 cm³/mol. The Kier molecular flexibility index (Phi) is 7.36. The third-order valence-electron chi connectivity index (χ3n) is 5.01. The van der Waals surface area contributed by atoms with Gasteiger partial charge in [0.2, 0.25) is 0 Å². The molecule has 0 aliphatic carbocycles. The molecule has 1 fully saturated rings. The van der Waals surface area contributed by atoms with Crippen molar-refractivity contribution in [2.24, 2.45) is 5.92 Å². The van der Waals surface area contributed by atoms with E-state index < -0.39 is 11.9 Å². The molecule has 0 spiro atoms. The van der Waals surface area contributed by atoms with Crippen LogP contribution in [0.1, 0.15) is 41.5 Å². The fraction of sp³-hybridized carbons (Fsp3) is 0.550. The van der Waals surface area contributed by atoms with Gasteiger partial charge < -0.3 is 14.8 Å². The molecule has 0 saturated carbocycles. The van der Waals surface area contributed by atoms with Crippen molar-refractivity contribution in [2.45, 2.75) is 46.5 Å². The van der Waals surface area contributed by atoms with E-state index in [1.165, 1.54) is 0 Å². The number of nitrogens with one attached hydrogen (secondary N) is 1. The van der Waals surface area contributed by atoms with Crippen LogP contribution >= 0.6 is 0 Å². The molecule has 0 atom stereocenters. The fourth-order valence-corrected chi connectivity index (χ4v) is 3.52. The molecule has 1 aliphatic heterocycles. The Hall–Kier alpha value is -2.41. The lowest BCUT2D eigenvalue weighted by Crippen LogP contribution is -2.40. The molecule has 0 aromatic heterocycles. The Balaban J connectivity index is 1.76. The summed E-state index contributed by atoms with van der Waals surface area (Å²) >= 11 is 0. The van der Waals surface area contributed by atoms with Crippen molar-refractivity contribution in [2.75, 3.05) is 19.6 Å². The van der Waals surface area contributed by atoms with Crippen LogP contribution in [0.5, 0.6) is 0 Å². The average Bonchev–Trinajstić information content (AvgIpc) is 2.61. The molecule has 2 rings (SSSR count). The summed E-state index contributed by atoms with van der Waals surface area (Å²) in [5, 5.41) is 8.72. The number of carbonyl (C=O) groups excluding carboxylic acids is 2. The van der Waals surface area contributed by atoms with E-state index in [0.29, 0.717) is 32.5 Å². The maximum Gasteiger partial charge on any atom is 0.335 e. The normalized spacial score (nSPS) is 15.4. The molecule has 27 heavy (non-hydrogen) atoms. The Morgan fingerprint density at radius 3 is 2.30 bits per heavy atom. The number of amides is 1. The minimum Gasteiger partial charge on any atom is -0.481 e. The van der Waals surface area contributed by atoms with Gasteiger partial charge in [0, 0.05) is 6.54 Å². The molecule has 148 valence electrons. The summed E-state index contributed by atoms with van der Waals surface area (Å²) in [6.45, 7) is 7.74. The van der Waals surface area contributed by atoms with Gasteiger partial charge in [-0.15, -0.1) is 0 Å². The lowest BCUT2D eigenvalue weighted by molar-refractivity contribution is -0.163. The quantitative estimate of drug-likeness (QED) is 0.737. The molecule has 1 heterocycles. The van der Waals surface area contributed by atoms with Gasteiger partial charge in [0.05, 0.1) is 18.8 Å². The zero-order valence-corrected chi connectivity index (χ0v) is 16.2. The van der Waals surface area contributed by atoms with Crippen LogP contribution in [0.2, 0.25) is 0 Å². The van der Waals surface area contributed by atoms with Gasteiger partial charge in [-0.25, -0.2) is 4.79 Å². The maximum absolute atomic E-state index is 12.2. The minimum absolute atomic E-state index is 0.100. The highest BCUT2D eigenvalue weighted by atomic mass is 16.7. The Morgan fingerprint density at radius 1 is 1.15 bits per heavy atom. The van der Waals surface area contributed by atoms with E-state index >= 15 is 0 Å². The van der Waals surface area contributed by atoms with E-state index in [1.54, 1.807) is 0 Å². The molecule has 1 amide bonds. The van der Waals surface area contributed by atoms with Crippen LogP contribution in [0.4, 0.5) is 0 Å². The second kappa shape index (κ2) is 9.50. The van der Waals surface area contributed by atoms with Crippen molar-refractivity contribution >= 4 is 17.8 Å². The molecule has 2 N–H and O–H groups in total. The largest absolute Gasteiger partial charge is 0.481 e. The van der Waals surface area contributed by atoms with Crippen LogP contribution < -0.4 is 5.48 Å².